The number of nitrogens with zero attached hydrogens (tertiary/aromatic N) is 2. The molecule has 258 valence electrons. The SMILES string of the molecule is C=CCOc1ccccc1O[C@@H]1C(=O)N(CCN2C(=O)[C@@H](Oc3ccccc3OCC=C)[C@H]2c2ccc(OC)cc2)[C@@H]1c1ccc(OC)cc1. The van der Waals surface area contributed by atoms with Crippen LogP contribution in [0.4, 0.5) is 0 Å². The average Bonchev–Trinajstić information content (AvgIpc) is 3.16. The molecule has 0 unspecified atom stereocenters. The van der Waals surface area contributed by atoms with Gasteiger partial charge in [0.2, 0.25) is 12.2 Å². The summed E-state index contributed by atoms with van der Waals surface area (Å²) in [5, 5.41) is 0. The van der Waals surface area contributed by atoms with Crippen LogP contribution < -0.4 is 28.4 Å². The second kappa shape index (κ2) is 15.5. The molecule has 6 rings (SSSR count). The van der Waals surface area contributed by atoms with Gasteiger partial charge in [0.1, 0.15) is 36.8 Å². The molecule has 4 aromatic carbocycles. The molecule has 50 heavy (non-hydrogen) atoms. The highest BCUT2D eigenvalue weighted by Crippen LogP contribution is 2.43. The molecule has 0 aromatic heterocycles. The van der Waals surface area contributed by atoms with Crippen LogP contribution in [-0.2, 0) is 9.59 Å². The summed E-state index contributed by atoms with van der Waals surface area (Å²) in [4.78, 5) is 31.1. The van der Waals surface area contributed by atoms with Crippen molar-refractivity contribution >= 4 is 11.8 Å². The monoisotopic (exact) mass is 676 g/mol. The Hall–Kier alpha value is -5.90. The Morgan fingerprint density at radius 2 is 0.920 bits per heavy atom. The normalized spacial score (nSPS) is 19.5. The molecule has 0 radical (unpaired) electrons. The van der Waals surface area contributed by atoms with E-state index >= 15 is 0 Å². The highest BCUT2D eigenvalue weighted by molar-refractivity contribution is 5.91. The second-order valence-corrected chi connectivity index (χ2v) is 11.7. The third-order valence-corrected chi connectivity index (χ3v) is 8.71. The second-order valence-electron chi connectivity index (χ2n) is 11.7. The van der Waals surface area contributed by atoms with Crippen molar-refractivity contribution in [3.8, 4) is 34.5 Å². The van der Waals surface area contributed by atoms with Gasteiger partial charge in [0.05, 0.1) is 14.2 Å². The number of methoxy groups -OCH3 is 2. The molecule has 2 heterocycles. The van der Waals surface area contributed by atoms with Crippen LogP contribution in [0, 0.1) is 0 Å². The number of carbonyl (C=O) groups excluding carboxylic acids is 2. The maximum atomic E-state index is 13.8. The summed E-state index contributed by atoms with van der Waals surface area (Å²) in [6, 6.07) is 28.7. The molecule has 0 spiro atoms. The van der Waals surface area contributed by atoms with Crippen LogP contribution in [0.2, 0.25) is 0 Å². The average molecular weight is 677 g/mol. The number of rotatable bonds is 17. The first-order valence-electron chi connectivity index (χ1n) is 16.3. The van der Waals surface area contributed by atoms with Gasteiger partial charge >= 0.3 is 0 Å². The third kappa shape index (κ3) is 6.96. The Morgan fingerprint density at radius 3 is 1.26 bits per heavy atom. The Morgan fingerprint density at radius 1 is 0.560 bits per heavy atom. The van der Waals surface area contributed by atoms with Gasteiger partial charge in [0.15, 0.2) is 23.0 Å². The summed E-state index contributed by atoms with van der Waals surface area (Å²) in [5.41, 5.74) is 1.75. The number of ether oxygens (including phenoxy) is 6. The largest absolute Gasteiger partial charge is 0.497 e. The number of likely N-dealkylation sites (tertiary alicyclic amines) is 2. The highest BCUT2D eigenvalue weighted by Gasteiger charge is 2.53. The molecule has 2 amide bonds. The smallest absolute Gasteiger partial charge is 0.266 e. The van der Waals surface area contributed by atoms with Crippen molar-refractivity contribution in [1.29, 1.82) is 0 Å². The van der Waals surface area contributed by atoms with Gasteiger partial charge in [-0.25, -0.2) is 0 Å². The molecule has 4 aromatic rings. The Bertz CT molecular complexity index is 1680. The molecule has 10 heteroatoms. The van der Waals surface area contributed by atoms with E-state index in [0.717, 1.165) is 11.1 Å². The zero-order valence-electron chi connectivity index (χ0n) is 28.1. The fourth-order valence-corrected chi connectivity index (χ4v) is 6.19. The summed E-state index contributed by atoms with van der Waals surface area (Å²) < 4.78 is 35.0. The molecule has 4 atom stereocenters. The lowest BCUT2D eigenvalue weighted by Gasteiger charge is -2.50. The van der Waals surface area contributed by atoms with Crippen molar-refractivity contribution < 1.29 is 38.0 Å². The number of carbonyl (C=O) groups is 2. The van der Waals surface area contributed by atoms with Crippen LogP contribution in [0.25, 0.3) is 0 Å². The molecule has 2 aliphatic rings. The van der Waals surface area contributed by atoms with Gasteiger partial charge in [-0.05, 0) is 59.7 Å². The van der Waals surface area contributed by atoms with Crippen LogP contribution in [0.5, 0.6) is 34.5 Å². The molecule has 0 bridgehead atoms. The molecule has 0 aliphatic carbocycles. The third-order valence-electron chi connectivity index (χ3n) is 8.71. The van der Waals surface area contributed by atoms with Crippen LogP contribution in [0.1, 0.15) is 23.2 Å². The van der Waals surface area contributed by atoms with E-state index in [4.69, 9.17) is 28.4 Å². The lowest BCUT2D eigenvalue weighted by Crippen LogP contribution is -2.66. The van der Waals surface area contributed by atoms with E-state index in [9.17, 15) is 9.59 Å². The molecule has 10 nitrogen and oxygen atoms in total. The summed E-state index contributed by atoms with van der Waals surface area (Å²) in [6.45, 7) is 8.57. The van der Waals surface area contributed by atoms with E-state index in [-0.39, 0.29) is 24.9 Å². The number of β-lactam (4-membered cyclic amide) rings is 2. The molecule has 2 saturated heterocycles. The zero-order valence-corrected chi connectivity index (χ0v) is 28.1. The van der Waals surface area contributed by atoms with Crippen molar-refractivity contribution in [2.45, 2.75) is 24.3 Å². The van der Waals surface area contributed by atoms with Gasteiger partial charge in [-0.15, -0.1) is 0 Å². The standard InChI is InChI=1S/C40H40N2O8/c1-5-25-47-31-11-7-9-13-33(31)49-37-35(27-15-19-29(45-3)20-16-27)41(39(37)43)23-24-42-36(28-17-21-30(46-4)22-18-28)38(40(42)44)50-34-14-10-8-12-32(34)48-26-6-2/h5-22,35-38H,1-2,23-26H2,3-4H3/t35-,36-,37+,38+/m1/s1. The lowest BCUT2D eigenvalue weighted by molar-refractivity contribution is -0.172. The highest BCUT2D eigenvalue weighted by atomic mass is 16.5. The van der Waals surface area contributed by atoms with Crippen molar-refractivity contribution in [3.63, 3.8) is 0 Å². The first-order valence-corrected chi connectivity index (χ1v) is 16.3. The summed E-state index contributed by atoms with van der Waals surface area (Å²) in [5.74, 6) is 2.96. The minimum Gasteiger partial charge on any atom is -0.497 e. The van der Waals surface area contributed by atoms with Crippen molar-refractivity contribution in [2.24, 2.45) is 0 Å². The first kappa shape index (κ1) is 34.0. The van der Waals surface area contributed by atoms with Gasteiger partial charge in [-0.2, -0.15) is 0 Å². The van der Waals surface area contributed by atoms with Crippen LogP contribution in [0.3, 0.4) is 0 Å². The minimum absolute atomic E-state index is 0.195. The molecular formula is C40H40N2O8. The fourth-order valence-electron chi connectivity index (χ4n) is 6.19. The number of hydrogen-bond acceptors (Lipinski definition) is 8. The summed E-state index contributed by atoms with van der Waals surface area (Å²) in [6.07, 6.45) is 1.69. The zero-order chi connectivity index (χ0) is 35.0. The van der Waals surface area contributed by atoms with E-state index in [1.807, 2.05) is 72.8 Å². The molecule has 2 fully saturated rings. The van der Waals surface area contributed by atoms with Gasteiger partial charge in [-0.3, -0.25) is 9.59 Å². The van der Waals surface area contributed by atoms with Gasteiger partial charge in [0.25, 0.3) is 11.8 Å². The quantitative estimate of drug-likeness (QED) is 0.0965. The van der Waals surface area contributed by atoms with E-state index in [2.05, 4.69) is 13.2 Å². The Labute approximate surface area is 292 Å². The predicted molar refractivity (Wildman–Crippen MR) is 188 cm³/mol. The van der Waals surface area contributed by atoms with E-state index < -0.39 is 24.3 Å². The number of amides is 2. The summed E-state index contributed by atoms with van der Waals surface area (Å²) >= 11 is 0. The van der Waals surface area contributed by atoms with E-state index in [1.54, 1.807) is 60.4 Å². The topological polar surface area (TPSA) is 96.0 Å². The maximum absolute atomic E-state index is 13.8. The first-order chi connectivity index (χ1) is 24.5. The van der Waals surface area contributed by atoms with Gasteiger partial charge < -0.3 is 38.2 Å². The molecule has 0 saturated carbocycles. The van der Waals surface area contributed by atoms with Gasteiger partial charge in [-0.1, -0.05) is 73.8 Å². The van der Waals surface area contributed by atoms with Crippen LogP contribution in [0.15, 0.2) is 122 Å². The predicted octanol–water partition coefficient (Wildman–Crippen LogP) is 6.20. The summed E-state index contributed by atoms with van der Waals surface area (Å²) in [7, 11) is 3.21. The van der Waals surface area contributed by atoms with Crippen molar-refractivity contribution in [2.75, 3.05) is 40.5 Å². The number of hydrogen-bond donors (Lipinski definition) is 0. The number of benzene rings is 4. The Balaban J connectivity index is 1.24. The van der Waals surface area contributed by atoms with E-state index in [0.29, 0.717) is 47.7 Å². The minimum atomic E-state index is -0.801. The molecule has 0 N–H and O–H groups in total. The molecular weight excluding hydrogens is 636 g/mol. The van der Waals surface area contributed by atoms with Crippen LogP contribution >= 0.6 is 0 Å². The molecule has 2 aliphatic heterocycles. The Kier molecular flexibility index (Phi) is 10.6. The van der Waals surface area contributed by atoms with Crippen molar-refractivity contribution in [3.05, 3.63) is 133 Å². The number of para-hydroxylation sites is 4. The van der Waals surface area contributed by atoms with Gasteiger partial charge in [0, 0.05) is 13.1 Å². The van der Waals surface area contributed by atoms with Crippen LogP contribution in [-0.4, -0.2) is 74.3 Å². The fraction of sp³-hybridized carbons (Fsp3) is 0.250. The van der Waals surface area contributed by atoms with Crippen molar-refractivity contribution in [1.82, 2.24) is 9.80 Å². The lowest BCUT2D eigenvalue weighted by atomic mass is 9.88. The maximum Gasteiger partial charge on any atom is 0.266 e. The van der Waals surface area contributed by atoms with E-state index in [1.165, 1.54) is 0 Å².